The summed E-state index contributed by atoms with van der Waals surface area (Å²) < 4.78 is 19.1. The lowest BCUT2D eigenvalue weighted by Gasteiger charge is -2.12. The molecule has 100 valence electrons. The first kappa shape index (κ1) is 13.5. The molecule has 0 saturated heterocycles. The smallest absolute Gasteiger partial charge is 0.165 e. The molecule has 0 atom stereocenters. The predicted molar refractivity (Wildman–Crippen MR) is 76.7 cm³/mol. The van der Waals surface area contributed by atoms with Gasteiger partial charge in [-0.25, -0.2) is 4.39 Å². The highest BCUT2D eigenvalue weighted by atomic mass is 35.5. The van der Waals surface area contributed by atoms with Gasteiger partial charge >= 0.3 is 0 Å². The van der Waals surface area contributed by atoms with E-state index in [1.54, 1.807) is 30.3 Å². The summed E-state index contributed by atoms with van der Waals surface area (Å²) in [7, 11) is 0. The molecule has 0 bridgehead atoms. The fourth-order valence-corrected chi connectivity index (χ4v) is 1.82. The number of benzene rings is 2. The molecule has 0 saturated carbocycles. The van der Waals surface area contributed by atoms with Crippen LogP contribution in [0, 0.1) is 5.82 Å². The first-order valence-electron chi connectivity index (χ1n) is 5.85. The topological polar surface area (TPSA) is 47.3 Å². The first-order chi connectivity index (χ1) is 9.11. The van der Waals surface area contributed by atoms with Crippen molar-refractivity contribution in [2.45, 2.75) is 6.92 Å². The van der Waals surface area contributed by atoms with Crippen LogP contribution in [0.2, 0.25) is 5.02 Å². The highest BCUT2D eigenvalue weighted by Crippen LogP contribution is 2.29. The Labute approximate surface area is 116 Å². The highest BCUT2D eigenvalue weighted by Gasteiger charge is 2.07. The van der Waals surface area contributed by atoms with Gasteiger partial charge in [-0.05, 0) is 31.2 Å². The van der Waals surface area contributed by atoms with Gasteiger partial charge in [0.2, 0.25) is 0 Å². The summed E-state index contributed by atoms with van der Waals surface area (Å²) in [5.41, 5.74) is 7.30. The molecule has 2 aromatic rings. The van der Waals surface area contributed by atoms with E-state index in [0.717, 1.165) is 0 Å². The number of ether oxygens (including phenoxy) is 1. The Morgan fingerprint density at radius 2 is 2.11 bits per heavy atom. The molecule has 0 spiro atoms. The maximum absolute atomic E-state index is 13.8. The van der Waals surface area contributed by atoms with Crippen molar-refractivity contribution in [3.63, 3.8) is 0 Å². The summed E-state index contributed by atoms with van der Waals surface area (Å²) in [6.07, 6.45) is 0. The van der Waals surface area contributed by atoms with Crippen LogP contribution in [0.3, 0.4) is 0 Å². The minimum absolute atomic E-state index is 0.0745. The number of rotatable bonds is 4. The third-order valence-corrected chi connectivity index (χ3v) is 2.84. The predicted octanol–water partition coefficient (Wildman–Crippen LogP) is 4.20. The van der Waals surface area contributed by atoms with E-state index in [0.29, 0.717) is 29.4 Å². The summed E-state index contributed by atoms with van der Waals surface area (Å²) in [5, 5.41) is 3.02. The average molecular weight is 281 g/mol. The van der Waals surface area contributed by atoms with Crippen molar-refractivity contribution in [3.8, 4) is 5.75 Å². The van der Waals surface area contributed by atoms with Crippen molar-refractivity contribution in [2.24, 2.45) is 0 Å². The van der Waals surface area contributed by atoms with E-state index >= 15 is 0 Å². The van der Waals surface area contributed by atoms with Gasteiger partial charge in [0.05, 0.1) is 23.0 Å². The third-order valence-electron chi connectivity index (χ3n) is 2.54. The zero-order valence-electron chi connectivity index (χ0n) is 10.4. The zero-order valence-corrected chi connectivity index (χ0v) is 11.2. The normalized spacial score (nSPS) is 10.3. The van der Waals surface area contributed by atoms with Crippen molar-refractivity contribution < 1.29 is 9.13 Å². The molecule has 2 aromatic carbocycles. The van der Waals surface area contributed by atoms with Gasteiger partial charge in [0, 0.05) is 11.8 Å². The molecule has 0 unspecified atom stereocenters. The fourth-order valence-electron chi connectivity index (χ4n) is 1.65. The number of hydrogen-bond donors (Lipinski definition) is 2. The maximum Gasteiger partial charge on any atom is 0.165 e. The Bertz CT molecular complexity index is 590. The Morgan fingerprint density at radius 1 is 1.32 bits per heavy atom. The molecular formula is C14H14ClFN2O. The largest absolute Gasteiger partial charge is 0.492 e. The fraction of sp³-hybridized carbons (Fsp3) is 0.143. The number of nitrogens with two attached hydrogens (primary N) is 1. The SMILES string of the molecule is CCOc1cc(Nc2cccc(Cl)c2F)ccc1N. The second-order valence-corrected chi connectivity index (χ2v) is 4.32. The van der Waals surface area contributed by atoms with Crippen LogP contribution in [-0.2, 0) is 0 Å². The molecular weight excluding hydrogens is 267 g/mol. The Kier molecular flexibility index (Phi) is 4.12. The third kappa shape index (κ3) is 3.09. The van der Waals surface area contributed by atoms with Crippen LogP contribution in [-0.4, -0.2) is 6.61 Å². The van der Waals surface area contributed by atoms with E-state index in [4.69, 9.17) is 22.1 Å². The molecule has 0 aliphatic heterocycles. The van der Waals surface area contributed by atoms with Gasteiger partial charge in [0.1, 0.15) is 5.75 Å². The Hall–Kier alpha value is -1.94. The van der Waals surface area contributed by atoms with E-state index in [2.05, 4.69) is 5.32 Å². The number of anilines is 3. The molecule has 3 N–H and O–H groups in total. The standard InChI is InChI=1S/C14H14ClFN2O/c1-2-19-13-8-9(6-7-11(13)17)18-12-5-3-4-10(15)14(12)16/h3-8,18H,2,17H2,1H3. The van der Waals surface area contributed by atoms with Crippen LogP contribution in [0.25, 0.3) is 0 Å². The summed E-state index contributed by atoms with van der Waals surface area (Å²) in [6.45, 7) is 2.38. The quantitative estimate of drug-likeness (QED) is 0.825. The van der Waals surface area contributed by atoms with E-state index in [1.165, 1.54) is 6.07 Å². The van der Waals surface area contributed by atoms with Gasteiger partial charge in [-0.3, -0.25) is 0 Å². The lowest BCUT2D eigenvalue weighted by atomic mass is 10.2. The monoisotopic (exact) mass is 280 g/mol. The number of nitrogen functional groups attached to an aromatic ring is 1. The first-order valence-corrected chi connectivity index (χ1v) is 6.23. The Balaban J connectivity index is 2.28. The number of halogens is 2. The maximum atomic E-state index is 13.8. The van der Waals surface area contributed by atoms with E-state index < -0.39 is 5.82 Å². The molecule has 3 nitrogen and oxygen atoms in total. The highest BCUT2D eigenvalue weighted by molar-refractivity contribution is 6.31. The molecule has 2 rings (SSSR count). The van der Waals surface area contributed by atoms with E-state index in [1.807, 2.05) is 6.92 Å². The summed E-state index contributed by atoms with van der Waals surface area (Å²) in [6, 6.07) is 9.95. The van der Waals surface area contributed by atoms with Crippen molar-refractivity contribution in [2.75, 3.05) is 17.7 Å². The van der Waals surface area contributed by atoms with Crippen LogP contribution in [0.5, 0.6) is 5.75 Å². The minimum Gasteiger partial charge on any atom is -0.492 e. The molecule has 0 aliphatic carbocycles. The summed E-state index contributed by atoms with van der Waals surface area (Å²) in [4.78, 5) is 0. The van der Waals surface area contributed by atoms with Gasteiger partial charge < -0.3 is 15.8 Å². The van der Waals surface area contributed by atoms with Gasteiger partial charge in [-0.15, -0.1) is 0 Å². The molecule has 0 aliphatic rings. The van der Waals surface area contributed by atoms with Crippen LogP contribution in [0.1, 0.15) is 6.92 Å². The van der Waals surface area contributed by atoms with Gasteiger partial charge in [-0.1, -0.05) is 17.7 Å². The van der Waals surface area contributed by atoms with Crippen molar-refractivity contribution in [1.29, 1.82) is 0 Å². The number of hydrogen-bond acceptors (Lipinski definition) is 3. The minimum atomic E-state index is -0.487. The molecule has 19 heavy (non-hydrogen) atoms. The van der Waals surface area contributed by atoms with Crippen LogP contribution in [0.4, 0.5) is 21.5 Å². The van der Waals surface area contributed by atoms with Crippen molar-refractivity contribution in [3.05, 3.63) is 47.2 Å². The lowest BCUT2D eigenvalue weighted by molar-refractivity contribution is 0.342. The summed E-state index contributed by atoms with van der Waals surface area (Å²) >= 11 is 5.73. The number of nitrogens with one attached hydrogen (secondary N) is 1. The summed E-state index contributed by atoms with van der Waals surface area (Å²) in [5.74, 6) is 0.0777. The van der Waals surface area contributed by atoms with E-state index in [9.17, 15) is 4.39 Å². The van der Waals surface area contributed by atoms with Crippen LogP contribution >= 0.6 is 11.6 Å². The second-order valence-electron chi connectivity index (χ2n) is 3.91. The second kappa shape index (κ2) is 5.80. The van der Waals surface area contributed by atoms with Crippen LogP contribution in [0.15, 0.2) is 36.4 Å². The Morgan fingerprint density at radius 3 is 2.84 bits per heavy atom. The molecule has 0 aromatic heterocycles. The van der Waals surface area contributed by atoms with Crippen molar-refractivity contribution in [1.82, 2.24) is 0 Å². The van der Waals surface area contributed by atoms with Gasteiger partial charge in [-0.2, -0.15) is 0 Å². The van der Waals surface area contributed by atoms with Gasteiger partial charge in [0.15, 0.2) is 5.82 Å². The zero-order chi connectivity index (χ0) is 13.8. The average Bonchev–Trinajstić information content (AvgIpc) is 2.39. The lowest BCUT2D eigenvalue weighted by Crippen LogP contribution is -1.99. The molecule has 5 heteroatoms. The van der Waals surface area contributed by atoms with Gasteiger partial charge in [0.25, 0.3) is 0 Å². The van der Waals surface area contributed by atoms with E-state index in [-0.39, 0.29) is 5.02 Å². The molecule has 0 amide bonds. The molecule has 0 radical (unpaired) electrons. The van der Waals surface area contributed by atoms with Crippen LogP contribution < -0.4 is 15.8 Å². The molecule has 0 heterocycles. The van der Waals surface area contributed by atoms with Crippen molar-refractivity contribution >= 4 is 28.7 Å². The molecule has 0 fully saturated rings.